The predicted octanol–water partition coefficient (Wildman–Crippen LogP) is 1.22. The average molecular weight is 261 g/mol. The number of thiophene rings is 1. The number of carboxylic acids is 1. The molecule has 0 saturated carbocycles. The summed E-state index contributed by atoms with van der Waals surface area (Å²) in [6.45, 7) is 5.01. The Morgan fingerprint density at radius 2 is 2.31 bits per heavy atom. The minimum Gasteiger partial charge on any atom is -0.477 e. The number of aromatic carboxylic acids is 1. The maximum absolute atomic E-state index is 11.8. The summed E-state index contributed by atoms with van der Waals surface area (Å²) in [6.07, 6.45) is 1.39. The van der Waals surface area contributed by atoms with E-state index in [0.29, 0.717) is 5.56 Å². The van der Waals surface area contributed by atoms with Crippen molar-refractivity contribution < 1.29 is 18.3 Å². The van der Waals surface area contributed by atoms with E-state index in [0.717, 1.165) is 11.3 Å². The molecule has 0 aliphatic rings. The molecule has 16 heavy (non-hydrogen) atoms. The Hall–Kier alpha value is -1.18. The quantitative estimate of drug-likeness (QED) is 0.781. The zero-order chi connectivity index (χ0) is 12.3. The van der Waals surface area contributed by atoms with Crippen LogP contribution in [0.25, 0.3) is 0 Å². The summed E-state index contributed by atoms with van der Waals surface area (Å²) in [4.78, 5) is 10.5. The molecule has 0 aliphatic carbocycles. The van der Waals surface area contributed by atoms with E-state index in [1.54, 1.807) is 6.92 Å². The van der Waals surface area contributed by atoms with Crippen LogP contribution in [0.3, 0.4) is 0 Å². The Bertz CT molecular complexity index is 516. The first-order valence-electron chi connectivity index (χ1n) is 4.32. The largest absolute Gasteiger partial charge is 0.477 e. The van der Waals surface area contributed by atoms with Gasteiger partial charge in [0.25, 0.3) is 0 Å². The highest BCUT2D eigenvalue weighted by Gasteiger charge is 2.25. The molecule has 0 fully saturated rings. The Labute approximate surface area is 97.5 Å². The van der Waals surface area contributed by atoms with E-state index in [2.05, 4.69) is 11.3 Å². The maximum Gasteiger partial charge on any atom is 0.347 e. The molecule has 0 aromatic carbocycles. The van der Waals surface area contributed by atoms with Gasteiger partial charge in [-0.05, 0) is 17.9 Å². The summed E-state index contributed by atoms with van der Waals surface area (Å²) in [5, 5.41) is 10.4. The van der Waals surface area contributed by atoms with E-state index in [-0.39, 0.29) is 16.3 Å². The Balaban J connectivity index is 3.26. The van der Waals surface area contributed by atoms with Crippen LogP contribution in [0.2, 0.25) is 0 Å². The van der Waals surface area contributed by atoms with Gasteiger partial charge < -0.3 is 5.11 Å². The molecule has 1 aromatic heterocycles. The summed E-state index contributed by atoms with van der Waals surface area (Å²) in [5.41, 5.74) is 0.430. The first kappa shape index (κ1) is 12.9. The SMILES string of the molecule is C=CCNS(=O)(=O)c1c(C)csc1C(=O)O. The molecule has 0 bridgehead atoms. The molecule has 1 rings (SSSR count). The molecule has 0 atom stereocenters. The Kier molecular flexibility index (Phi) is 3.84. The molecule has 0 spiro atoms. The number of rotatable bonds is 5. The van der Waals surface area contributed by atoms with Gasteiger partial charge in [0.1, 0.15) is 9.77 Å². The lowest BCUT2D eigenvalue weighted by Gasteiger charge is -2.05. The minimum absolute atomic E-state index is 0.0661. The lowest BCUT2D eigenvalue weighted by molar-refractivity contribution is 0.0698. The molecule has 0 radical (unpaired) electrons. The van der Waals surface area contributed by atoms with Crippen molar-refractivity contribution in [3.63, 3.8) is 0 Å². The standard InChI is InChI=1S/C9H11NO4S2/c1-3-4-10-16(13,14)8-6(2)5-15-7(8)9(11)12/h3,5,10H,1,4H2,2H3,(H,11,12). The van der Waals surface area contributed by atoms with Crippen LogP contribution in [-0.2, 0) is 10.0 Å². The molecular formula is C9H11NO4S2. The third kappa shape index (κ3) is 2.49. The van der Waals surface area contributed by atoms with Crippen LogP contribution < -0.4 is 4.72 Å². The van der Waals surface area contributed by atoms with Gasteiger partial charge in [-0.15, -0.1) is 17.9 Å². The molecule has 88 valence electrons. The summed E-state index contributed by atoms with van der Waals surface area (Å²) in [7, 11) is -3.78. The average Bonchev–Trinajstić information content (AvgIpc) is 2.58. The van der Waals surface area contributed by atoms with Crippen LogP contribution >= 0.6 is 11.3 Å². The van der Waals surface area contributed by atoms with Crippen LogP contribution in [0, 0.1) is 6.92 Å². The lowest BCUT2D eigenvalue weighted by Crippen LogP contribution is -2.25. The van der Waals surface area contributed by atoms with E-state index >= 15 is 0 Å². The van der Waals surface area contributed by atoms with Gasteiger partial charge in [-0.1, -0.05) is 6.08 Å². The van der Waals surface area contributed by atoms with Crippen molar-refractivity contribution in [2.45, 2.75) is 11.8 Å². The van der Waals surface area contributed by atoms with Gasteiger partial charge in [-0.2, -0.15) is 0 Å². The molecule has 1 aromatic rings. The number of nitrogens with one attached hydrogen (secondary N) is 1. The first-order chi connectivity index (χ1) is 7.40. The molecular weight excluding hydrogens is 250 g/mol. The fourth-order valence-corrected chi connectivity index (χ4v) is 3.78. The zero-order valence-corrected chi connectivity index (χ0v) is 10.2. The highest BCUT2D eigenvalue weighted by molar-refractivity contribution is 7.89. The highest BCUT2D eigenvalue weighted by atomic mass is 32.2. The van der Waals surface area contributed by atoms with Gasteiger partial charge in [0.05, 0.1) is 0 Å². The van der Waals surface area contributed by atoms with Crippen LogP contribution in [0.15, 0.2) is 22.9 Å². The van der Waals surface area contributed by atoms with Gasteiger partial charge in [-0.25, -0.2) is 17.9 Å². The highest BCUT2D eigenvalue weighted by Crippen LogP contribution is 2.26. The minimum atomic E-state index is -3.78. The topological polar surface area (TPSA) is 83.5 Å². The Morgan fingerprint density at radius 3 is 2.81 bits per heavy atom. The van der Waals surface area contributed by atoms with Crippen LogP contribution in [0.5, 0.6) is 0 Å². The summed E-state index contributed by atoms with van der Waals surface area (Å²) in [5.74, 6) is -1.24. The third-order valence-electron chi connectivity index (χ3n) is 1.80. The predicted molar refractivity (Wildman–Crippen MR) is 61.4 cm³/mol. The molecule has 2 N–H and O–H groups in total. The first-order valence-corrected chi connectivity index (χ1v) is 6.68. The van der Waals surface area contributed by atoms with Crippen LogP contribution in [0.4, 0.5) is 0 Å². The fourth-order valence-electron chi connectivity index (χ4n) is 1.16. The van der Waals surface area contributed by atoms with Crippen molar-refractivity contribution in [3.8, 4) is 0 Å². The summed E-state index contributed by atoms with van der Waals surface area (Å²) < 4.78 is 25.8. The van der Waals surface area contributed by atoms with Crippen molar-refractivity contribution in [2.24, 2.45) is 0 Å². The zero-order valence-electron chi connectivity index (χ0n) is 8.56. The lowest BCUT2D eigenvalue weighted by atomic mass is 10.3. The van der Waals surface area contributed by atoms with Crippen molar-refractivity contribution in [1.82, 2.24) is 4.72 Å². The Morgan fingerprint density at radius 1 is 1.69 bits per heavy atom. The number of carbonyl (C=O) groups is 1. The second-order valence-electron chi connectivity index (χ2n) is 3.02. The number of hydrogen-bond acceptors (Lipinski definition) is 4. The number of sulfonamides is 1. The molecule has 5 nitrogen and oxygen atoms in total. The van der Waals surface area contributed by atoms with Gasteiger partial charge in [0, 0.05) is 6.54 Å². The molecule has 7 heteroatoms. The van der Waals surface area contributed by atoms with E-state index in [1.807, 2.05) is 0 Å². The van der Waals surface area contributed by atoms with Crippen molar-refractivity contribution in [2.75, 3.05) is 6.54 Å². The fraction of sp³-hybridized carbons (Fsp3) is 0.222. The van der Waals surface area contributed by atoms with E-state index in [4.69, 9.17) is 5.11 Å². The van der Waals surface area contributed by atoms with Crippen molar-refractivity contribution in [3.05, 3.63) is 28.5 Å². The number of aryl methyl sites for hydroxylation is 1. The second kappa shape index (κ2) is 4.77. The van der Waals surface area contributed by atoms with Crippen molar-refractivity contribution >= 4 is 27.3 Å². The molecule has 0 aliphatic heterocycles. The normalized spacial score (nSPS) is 11.3. The van der Waals surface area contributed by atoms with Crippen molar-refractivity contribution in [1.29, 1.82) is 0 Å². The van der Waals surface area contributed by atoms with Gasteiger partial charge >= 0.3 is 5.97 Å². The maximum atomic E-state index is 11.8. The second-order valence-corrected chi connectivity index (χ2v) is 5.61. The van der Waals surface area contributed by atoms with E-state index < -0.39 is 16.0 Å². The van der Waals surface area contributed by atoms with Crippen LogP contribution in [0.1, 0.15) is 15.2 Å². The monoisotopic (exact) mass is 261 g/mol. The number of carboxylic acid groups (broad SMARTS) is 1. The van der Waals surface area contributed by atoms with Gasteiger partial charge in [0.2, 0.25) is 10.0 Å². The summed E-state index contributed by atoms with van der Waals surface area (Å²) >= 11 is 0.900. The summed E-state index contributed by atoms with van der Waals surface area (Å²) in [6, 6.07) is 0. The number of hydrogen-bond donors (Lipinski definition) is 2. The van der Waals surface area contributed by atoms with Gasteiger partial charge in [-0.3, -0.25) is 0 Å². The van der Waals surface area contributed by atoms with Gasteiger partial charge in [0.15, 0.2) is 0 Å². The smallest absolute Gasteiger partial charge is 0.347 e. The molecule has 0 amide bonds. The van der Waals surface area contributed by atoms with E-state index in [9.17, 15) is 13.2 Å². The molecule has 1 heterocycles. The van der Waals surface area contributed by atoms with E-state index in [1.165, 1.54) is 11.5 Å². The molecule has 0 unspecified atom stereocenters. The third-order valence-corrected chi connectivity index (χ3v) is 4.62. The van der Waals surface area contributed by atoms with Crippen LogP contribution in [-0.4, -0.2) is 26.0 Å². The molecule has 0 saturated heterocycles.